The fraction of sp³-hybridized carbons (Fsp3) is 0.318. The SMILES string of the molecule is CCCCc1nc2c(N)nc3ccsc3c2n1Cc1nc(CNCc2cc[nH]c2)cs1. The van der Waals surface area contributed by atoms with E-state index < -0.39 is 0 Å². The summed E-state index contributed by atoms with van der Waals surface area (Å²) < 4.78 is 3.45. The summed E-state index contributed by atoms with van der Waals surface area (Å²) in [7, 11) is 0. The van der Waals surface area contributed by atoms with Gasteiger partial charge in [0, 0.05) is 37.3 Å². The lowest BCUT2D eigenvalue weighted by molar-refractivity contribution is 0.670. The van der Waals surface area contributed by atoms with Crippen LogP contribution in [-0.4, -0.2) is 24.5 Å². The van der Waals surface area contributed by atoms with Crippen molar-refractivity contribution in [3.05, 3.63) is 57.4 Å². The van der Waals surface area contributed by atoms with Crippen molar-refractivity contribution in [2.24, 2.45) is 0 Å². The number of hydrogen-bond acceptors (Lipinski definition) is 7. The highest BCUT2D eigenvalue weighted by molar-refractivity contribution is 7.18. The molecule has 0 bridgehead atoms. The number of aromatic nitrogens is 5. The van der Waals surface area contributed by atoms with Gasteiger partial charge in [-0.15, -0.1) is 22.7 Å². The molecule has 5 aromatic heterocycles. The molecule has 0 aromatic carbocycles. The molecule has 0 saturated carbocycles. The number of thiophene rings is 1. The Balaban J connectivity index is 1.43. The number of hydrogen-bond donors (Lipinski definition) is 3. The monoisotopic (exact) mass is 451 g/mol. The van der Waals surface area contributed by atoms with Crippen molar-refractivity contribution in [2.75, 3.05) is 5.73 Å². The molecular weight excluding hydrogens is 426 g/mol. The molecule has 0 unspecified atom stereocenters. The molecule has 0 aliphatic heterocycles. The van der Waals surface area contributed by atoms with Crippen LogP contribution in [-0.2, 0) is 26.1 Å². The quantitative estimate of drug-likeness (QED) is 0.302. The van der Waals surface area contributed by atoms with E-state index in [1.54, 1.807) is 22.7 Å². The number of H-pyrrole nitrogens is 1. The van der Waals surface area contributed by atoms with Crippen LogP contribution in [0.2, 0.25) is 0 Å². The lowest BCUT2D eigenvalue weighted by atomic mass is 10.2. The lowest BCUT2D eigenvalue weighted by Crippen LogP contribution is -2.12. The number of nitrogens with two attached hydrogens (primary N) is 1. The molecule has 0 atom stereocenters. The fourth-order valence-corrected chi connectivity index (χ4v) is 5.46. The van der Waals surface area contributed by atoms with Gasteiger partial charge >= 0.3 is 0 Å². The average molecular weight is 452 g/mol. The second-order valence-electron chi connectivity index (χ2n) is 7.60. The number of nitrogen functional groups attached to an aromatic ring is 1. The topological polar surface area (TPSA) is 97.4 Å². The smallest absolute Gasteiger partial charge is 0.152 e. The second-order valence-corrected chi connectivity index (χ2v) is 9.46. The van der Waals surface area contributed by atoms with Crippen molar-refractivity contribution >= 4 is 49.7 Å². The third kappa shape index (κ3) is 4.08. The van der Waals surface area contributed by atoms with Crippen molar-refractivity contribution < 1.29 is 0 Å². The molecule has 5 aromatic rings. The Labute approximate surface area is 188 Å². The first-order chi connectivity index (χ1) is 15.2. The molecule has 0 aliphatic rings. The second kappa shape index (κ2) is 8.78. The van der Waals surface area contributed by atoms with Gasteiger partial charge < -0.3 is 20.6 Å². The normalized spacial score (nSPS) is 11.8. The van der Waals surface area contributed by atoms with Crippen molar-refractivity contribution in [3.8, 4) is 0 Å². The Morgan fingerprint density at radius 1 is 1.16 bits per heavy atom. The fourth-order valence-electron chi connectivity index (χ4n) is 3.80. The van der Waals surface area contributed by atoms with Gasteiger partial charge in [0.15, 0.2) is 5.82 Å². The molecule has 0 fully saturated rings. The van der Waals surface area contributed by atoms with Crippen LogP contribution in [0.15, 0.2) is 35.3 Å². The van der Waals surface area contributed by atoms with Gasteiger partial charge in [0.1, 0.15) is 16.3 Å². The van der Waals surface area contributed by atoms with E-state index >= 15 is 0 Å². The molecule has 5 rings (SSSR count). The molecule has 5 heterocycles. The minimum Gasteiger partial charge on any atom is -0.382 e. The van der Waals surface area contributed by atoms with Crippen LogP contribution >= 0.6 is 22.7 Å². The van der Waals surface area contributed by atoms with E-state index in [9.17, 15) is 0 Å². The number of thiazole rings is 1. The number of fused-ring (bicyclic) bond motifs is 3. The number of unbranched alkanes of at least 4 members (excludes halogenated alkanes) is 1. The number of pyridine rings is 1. The Hall–Kier alpha value is -2.75. The summed E-state index contributed by atoms with van der Waals surface area (Å²) in [5.41, 5.74) is 11.4. The number of nitrogens with zero attached hydrogens (tertiary/aromatic N) is 4. The minimum absolute atomic E-state index is 0.506. The number of aromatic amines is 1. The van der Waals surface area contributed by atoms with Crippen LogP contribution < -0.4 is 11.1 Å². The van der Waals surface area contributed by atoms with Crippen molar-refractivity contribution in [2.45, 2.75) is 45.8 Å². The van der Waals surface area contributed by atoms with E-state index in [4.69, 9.17) is 15.7 Å². The van der Waals surface area contributed by atoms with Crippen molar-refractivity contribution in [1.29, 1.82) is 0 Å². The molecule has 9 heteroatoms. The van der Waals surface area contributed by atoms with Gasteiger partial charge in [0.25, 0.3) is 0 Å². The van der Waals surface area contributed by atoms with Crippen molar-refractivity contribution in [3.63, 3.8) is 0 Å². The van der Waals surface area contributed by atoms with E-state index in [1.165, 1.54) is 5.56 Å². The third-order valence-electron chi connectivity index (χ3n) is 5.33. The number of anilines is 1. The summed E-state index contributed by atoms with van der Waals surface area (Å²) in [5, 5.41) is 8.74. The number of nitrogens with one attached hydrogen (secondary N) is 2. The standard InChI is InChI=1S/C22H25N7S2/c1-2-3-4-17-28-19-20(21-16(6-8-30-21)27-22(19)23)29(17)12-18-26-15(13-31-18)11-25-10-14-5-7-24-9-14/h5-9,13,24-25H,2-4,10-12H2,1H3,(H2,23,27). The molecule has 0 amide bonds. The van der Waals surface area contributed by atoms with Gasteiger partial charge in [0.05, 0.1) is 28.0 Å². The summed E-state index contributed by atoms with van der Waals surface area (Å²) in [5.74, 6) is 1.57. The first kappa shape index (κ1) is 20.2. The average Bonchev–Trinajstić information content (AvgIpc) is 3.54. The summed E-state index contributed by atoms with van der Waals surface area (Å²) >= 11 is 3.39. The van der Waals surface area contributed by atoms with Crippen LogP contribution in [0.3, 0.4) is 0 Å². The predicted octanol–water partition coefficient (Wildman–Crippen LogP) is 4.69. The predicted molar refractivity (Wildman–Crippen MR) is 128 cm³/mol. The van der Waals surface area contributed by atoms with Crippen molar-refractivity contribution in [1.82, 2.24) is 29.8 Å². The number of aryl methyl sites for hydroxylation is 1. The Morgan fingerprint density at radius 2 is 2.10 bits per heavy atom. The maximum absolute atomic E-state index is 6.28. The Morgan fingerprint density at radius 3 is 2.94 bits per heavy atom. The first-order valence-corrected chi connectivity index (χ1v) is 12.3. The molecular formula is C22H25N7S2. The van der Waals surface area contributed by atoms with Crippen LogP contribution in [0, 0.1) is 0 Å². The molecule has 7 nitrogen and oxygen atoms in total. The maximum atomic E-state index is 6.28. The third-order valence-corrected chi connectivity index (χ3v) is 7.13. The molecule has 31 heavy (non-hydrogen) atoms. The van der Waals surface area contributed by atoms with E-state index in [0.717, 1.165) is 70.1 Å². The van der Waals surface area contributed by atoms with Gasteiger partial charge in [-0.05, 0) is 29.5 Å². The highest BCUT2D eigenvalue weighted by Crippen LogP contribution is 2.33. The molecule has 4 N–H and O–H groups in total. The van der Waals surface area contributed by atoms with Gasteiger partial charge in [-0.25, -0.2) is 15.0 Å². The zero-order valence-corrected chi connectivity index (χ0v) is 19.0. The zero-order chi connectivity index (χ0) is 21.2. The molecule has 160 valence electrons. The lowest BCUT2D eigenvalue weighted by Gasteiger charge is -2.08. The Bertz CT molecular complexity index is 1300. The highest BCUT2D eigenvalue weighted by atomic mass is 32.1. The van der Waals surface area contributed by atoms with E-state index in [2.05, 4.69) is 43.6 Å². The molecule has 0 aliphatic carbocycles. The van der Waals surface area contributed by atoms with Gasteiger partial charge in [-0.2, -0.15) is 0 Å². The maximum Gasteiger partial charge on any atom is 0.152 e. The van der Waals surface area contributed by atoms with E-state index in [-0.39, 0.29) is 0 Å². The zero-order valence-electron chi connectivity index (χ0n) is 17.4. The Kier molecular flexibility index (Phi) is 5.71. The van der Waals surface area contributed by atoms with Crippen LogP contribution in [0.25, 0.3) is 21.3 Å². The molecule has 0 radical (unpaired) electrons. The largest absolute Gasteiger partial charge is 0.382 e. The summed E-state index contributed by atoms with van der Waals surface area (Å²) in [6.45, 7) is 4.48. The van der Waals surface area contributed by atoms with Gasteiger partial charge in [-0.3, -0.25) is 0 Å². The summed E-state index contributed by atoms with van der Waals surface area (Å²) in [6, 6.07) is 4.10. The minimum atomic E-state index is 0.506. The van der Waals surface area contributed by atoms with Gasteiger partial charge in [-0.1, -0.05) is 13.3 Å². The number of imidazole rings is 1. The first-order valence-electron chi connectivity index (χ1n) is 10.5. The molecule has 0 spiro atoms. The van der Waals surface area contributed by atoms with Crippen LogP contribution in [0.5, 0.6) is 0 Å². The van der Waals surface area contributed by atoms with Crippen LogP contribution in [0.4, 0.5) is 5.82 Å². The number of rotatable bonds is 9. The molecule has 0 saturated heterocycles. The van der Waals surface area contributed by atoms with Crippen LogP contribution in [0.1, 0.15) is 41.9 Å². The van der Waals surface area contributed by atoms with E-state index in [1.807, 2.05) is 18.5 Å². The highest BCUT2D eigenvalue weighted by Gasteiger charge is 2.19. The van der Waals surface area contributed by atoms with E-state index in [0.29, 0.717) is 12.4 Å². The summed E-state index contributed by atoms with van der Waals surface area (Å²) in [4.78, 5) is 17.4. The summed E-state index contributed by atoms with van der Waals surface area (Å²) in [6.07, 6.45) is 7.09. The van der Waals surface area contributed by atoms with Gasteiger partial charge in [0.2, 0.25) is 0 Å².